The van der Waals surface area contributed by atoms with Crippen LogP contribution in [0.1, 0.15) is 6.92 Å². The van der Waals surface area contributed by atoms with E-state index in [1.807, 2.05) is 6.92 Å². The van der Waals surface area contributed by atoms with E-state index in [-0.39, 0.29) is 9.92 Å². The number of benzene rings is 2. The Labute approximate surface area is 133 Å². The minimum atomic E-state index is -3.76. The van der Waals surface area contributed by atoms with Crippen molar-refractivity contribution in [3.05, 3.63) is 52.5 Å². The summed E-state index contributed by atoms with van der Waals surface area (Å²) < 4.78 is 32.3. The first-order valence-corrected chi connectivity index (χ1v) is 8.37. The minimum absolute atomic E-state index is 0.0378. The third-order valence-corrected chi connectivity index (χ3v) is 4.62. The second-order valence-electron chi connectivity index (χ2n) is 4.11. The van der Waals surface area contributed by atoms with Crippen molar-refractivity contribution in [1.82, 2.24) is 0 Å². The fourth-order valence-electron chi connectivity index (χ4n) is 1.67. The predicted octanol–water partition coefficient (Wildman–Crippen LogP) is 4.19. The molecule has 0 aliphatic carbocycles. The Morgan fingerprint density at radius 2 is 1.81 bits per heavy atom. The van der Waals surface area contributed by atoms with Crippen LogP contribution in [0.2, 0.25) is 10.0 Å². The number of hydrogen-bond donors (Lipinski definition) is 1. The van der Waals surface area contributed by atoms with Crippen LogP contribution in [0.5, 0.6) is 5.75 Å². The topological polar surface area (TPSA) is 55.4 Å². The van der Waals surface area contributed by atoms with Gasteiger partial charge >= 0.3 is 0 Å². The lowest BCUT2D eigenvalue weighted by Crippen LogP contribution is -2.13. The first-order chi connectivity index (χ1) is 9.94. The molecule has 0 aliphatic heterocycles. The van der Waals surface area contributed by atoms with Gasteiger partial charge in [0.25, 0.3) is 10.0 Å². The summed E-state index contributed by atoms with van der Waals surface area (Å²) in [5.74, 6) is 0.441. The molecule has 0 fully saturated rings. The molecule has 2 rings (SSSR count). The van der Waals surface area contributed by atoms with E-state index in [1.54, 1.807) is 24.3 Å². The Bertz CT molecular complexity index is 748. The van der Waals surface area contributed by atoms with E-state index in [0.29, 0.717) is 23.1 Å². The third kappa shape index (κ3) is 3.81. The van der Waals surface area contributed by atoms with Crippen molar-refractivity contribution >= 4 is 38.9 Å². The van der Waals surface area contributed by atoms with Gasteiger partial charge in [-0.1, -0.05) is 35.3 Å². The Balaban J connectivity index is 2.32. The SMILES string of the molecule is CCOc1ccc(S(=O)(=O)Nc2ccccc2Cl)cc1Cl. The zero-order chi connectivity index (χ0) is 15.5. The summed E-state index contributed by atoms with van der Waals surface area (Å²) in [4.78, 5) is 0.0378. The van der Waals surface area contributed by atoms with E-state index in [4.69, 9.17) is 27.9 Å². The number of ether oxygens (including phenoxy) is 1. The summed E-state index contributed by atoms with van der Waals surface area (Å²) >= 11 is 11.9. The minimum Gasteiger partial charge on any atom is -0.492 e. The van der Waals surface area contributed by atoms with Gasteiger partial charge < -0.3 is 4.74 Å². The van der Waals surface area contributed by atoms with Gasteiger partial charge in [0.1, 0.15) is 5.75 Å². The van der Waals surface area contributed by atoms with Crippen LogP contribution < -0.4 is 9.46 Å². The van der Waals surface area contributed by atoms with Crippen LogP contribution in [-0.2, 0) is 10.0 Å². The van der Waals surface area contributed by atoms with Gasteiger partial charge in [-0.25, -0.2) is 8.42 Å². The van der Waals surface area contributed by atoms with Crippen molar-refractivity contribution in [2.45, 2.75) is 11.8 Å². The highest BCUT2D eigenvalue weighted by molar-refractivity contribution is 7.92. The van der Waals surface area contributed by atoms with Gasteiger partial charge in [0.05, 0.1) is 27.2 Å². The number of hydrogen-bond acceptors (Lipinski definition) is 3. The average Bonchev–Trinajstić information content (AvgIpc) is 2.43. The van der Waals surface area contributed by atoms with Crippen molar-refractivity contribution < 1.29 is 13.2 Å². The van der Waals surface area contributed by atoms with Crippen molar-refractivity contribution in [3.8, 4) is 5.75 Å². The molecule has 0 unspecified atom stereocenters. The van der Waals surface area contributed by atoms with E-state index >= 15 is 0 Å². The van der Waals surface area contributed by atoms with Crippen molar-refractivity contribution in [3.63, 3.8) is 0 Å². The molecule has 7 heteroatoms. The molecule has 0 spiro atoms. The van der Waals surface area contributed by atoms with Crippen LogP contribution in [-0.4, -0.2) is 15.0 Å². The molecule has 2 aromatic carbocycles. The quantitative estimate of drug-likeness (QED) is 0.883. The number of rotatable bonds is 5. The lowest BCUT2D eigenvalue weighted by atomic mass is 10.3. The number of sulfonamides is 1. The van der Waals surface area contributed by atoms with Gasteiger partial charge in [0.15, 0.2) is 0 Å². The van der Waals surface area contributed by atoms with E-state index in [1.165, 1.54) is 18.2 Å². The van der Waals surface area contributed by atoms with Crippen LogP contribution in [0, 0.1) is 0 Å². The summed E-state index contributed by atoms with van der Waals surface area (Å²) in [5.41, 5.74) is 0.309. The van der Waals surface area contributed by atoms with Gasteiger partial charge in [0.2, 0.25) is 0 Å². The third-order valence-electron chi connectivity index (χ3n) is 2.63. The molecule has 4 nitrogen and oxygen atoms in total. The summed E-state index contributed by atoms with van der Waals surface area (Å²) in [6.07, 6.45) is 0. The average molecular weight is 346 g/mol. The molecular weight excluding hydrogens is 333 g/mol. The van der Waals surface area contributed by atoms with Gasteiger partial charge in [0, 0.05) is 0 Å². The molecule has 0 aromatic heterocycles. The number of halogens is 2. The highest BCUT2D eigenvalue weighted by atomic mass is 35.5. The number of para-hydroxylation sites is 1. The molecule has 0 heterocycles. The highest BCUT2D eigenvalue weighted by Crippen LogP contribution is 2.29. The van der Waals surface area contributed by atoms with Gasteiger partial charge in [-0.2, -0.15) is 0 Å². The number of anilines is 1. The zero-order valence-corrected chi connectivity index (χ0v) is 13.5. The Morgan fingerprint density at radius 3 is 2.43 bits per heavy atom. The van der Waals surface area contributed by atoms with E-state index in [0.717, 1.165) is 0 Å². The molecule has 0 bridgehead atoms. The predicted molar refractivity (Wildman–Crippen MR) is 84.9 cm³/mol. The van der Waals surface area contributed by atoms with E-state index in [9.17, 15) is 8.42 Å². The van der Waals surface area contributed by atoms with Crippen LogP contribution in [0.3, 0.4) is 0 Å². The molecule has 2 aromatic rings. The summed E-state index contributed by atoms with van der Waals surface area (Å²) in [6.45, 7) is 2.27. The second-order valence-corrected chi connectivity index (χ2v) is 6.61. The monoisotopic (exact) mass is 345 g/mol. The molecule has 21 heavy (non-hydrogen) atoms. The first kappa shape index (κ1) is 15.9. The van der Waals surface area contributed by atoms with Gasteiger partial charge in [-0.3, -0.25) is 4.72 Å². The van der Waals surface area contributed by atoms with Gasteiger partial charge in [-0.05, 0) is 37.3 Å². The summed E-state index contributed by atoms with van der Waals surface area (Å²) in [5, 5.41) is 0.553. The maximum atomic E-state index is 12.3. The lowest BCUT2D eigenvalue weighted by molar-refractivity contribution is 0.340. The van der Waals surface area contributed by atoms with Crippen molar-refractivity contribution in [1.29, 1.82) is 0 Å². The van der Waals surface area contributed by atoms with Crippen LogP contribution in [0.15, 0.2) is 47.4 Å². The van der Waals surface area contributed by atoms with Crippen LogP contribution in [0.25, 0.3) is 0 Å². The van der Waals surface area contributed by atoms with Crippen LogP contribution >= 0.6 is 23.2 Å². The Kier molecular flexibility index (Phi) is 4.98. The smallest absolute Gasteiger partial charge is 0.261 e. The molecule has 0 aliphatic rings. The molecule has 0 radical (unpaired) electrons. The standard InChI is InChI=1S/C14H13Cl2NO3S/c1-2-20-14-8-7-10(9-12(14)16)21(18,19)17-13-6-4-3-5-11(13)15/h3-9,17H,2H2,1H3. The van der Waals surface area contributed by atoms with Gasteiger partial charge in [-0.15, -0.1) is 0 Å². The Hall–Kier alpha value is -1.43. The summed E-state index contributed by atoms with van der Waals surface area (Å²) in [7, 11) is -3.76. The fraction of sp³-hybridized carbons (Fsp3) is 0.143. The van der Waals surface area contributed by atoms with Crippen LogP contribution in [0.4, 0.5) is 5.69 Å². The van der Waals surface area contributed by atoms with E-state index in [2.05, 4.69) is 4.72 Å². The largest absolute Gasteiger partial charge is 0.492 e. The molecule has 0 saturated heterocycles. The maximum absolute atomic E-state index is 12.3. The number of nitrogens with one attached hydrogen (secondary N) is 1. The Morgan fingerprint density at radius 1 is 1.10 bits per heavy atom. The normalized spacial score (nSPS) is 11.2. The second kappa shape index (κ2) is 6.56. The van der Waals surface area contributed by atoms with Crippen molar-refractivity contribution in [2.75, 3.05) is 11.3 Å². The lowest BCUT2D eigenvalue weighted by Gasteiger charge is -2.11. The molecule has 0 amide bonds. The molecular formula is C14H13Cl2NO3S. The molecule has 0 saturated carbocycles. The van der Waals surface area contributed by atoms with Crippen molar-refractivity contribution in [2.24, 2.45) is 0 Å². The first-order valence-electron chi connectivity index (χ1n) is 6.13. The zero-order valence-electron chi connectivity index (χ0n) is 11.1. The fourth-order valence-corrected chi connectivity index (χ4v) is 3.31. The molecule has 112 valence electrons. The van der Waals surface area contributed by atoms with E-state index < -0.39 is 10.0 Å². The summed E-state index contributed by atoms with van der Waals surface area (Å²) in [6, 6.07) is 10.9. The maximum Gasteiger partial charge on any atom is 0.261 e. The molecule has 0 atom stereocenters. The molecule has 1 N–H and O–H groups in total. The highest BCUT2D eigenvalue weighted by Gasteiger charge is 2.17.